The predicted molar refractivity (Wildman–Crippen MR) is 84.8 cm³/mol. The van der Waals surface area contributed by atoms with Crippen LogP contribution in [0.2, 0.25) is 0 Å². The molecule has 0 radical (unpaired) electrons. The third kappa shape index (κ3) is 3.07. The van der Waals surface area contributed by atoms with Crippen molar-refractivity contribution in [3.8, 4) is 0 Å². The molecule has 1 aliphatic rings. The van der Waals surface area contributed by atoms with Gasteiger partial charge in [0, 0.05) is 12.1 Å². The van der Waals surface area contributed by atoms with Crippen LogP contribution in [0.5, 0.6) is 0 Å². The summed E-state index contributed by atoms with van der Waals surface area (Å²) in [6.45, 7) is 2.47. The molecule has 6 heteroatoms. The van der Waals surface area contributed by atoms with Crippen LogP contribution in [-0.4, -0.2) is 21.0 Å². The summed E-state index contributed by atoms with van der Waals surface area (Å²) in [4.78, 5) is 24.6. The van der Waals surface area contributed by atoms with E-state index in [1.54, 1.807) is 11.4 Å². The van der Waals surface area contributed by atoms with Crippen LogP contribution in [0, 0.1) is 0 Å². The summed E-state index contributed by atoms with van der Waals surface area (Å²) < 4.78 is 0. The Kier molecular flexibility index (Phi) is 5.39. The standard InChI is InChI=1S/C16H17N3O2.ClH/c1-2-15-16-14(17-11-18-16)8-13(9-20)19(15)21-10-12-6-4-3-5-7-12;/h3-7,11,15H,2,8,10H2,1H3,(H,17,18);1H. The topological polar surface area (TPSA) is 58.2 Å². The van der Waals surface area contributed by atoms with Crippen molar-refractivity contribution in [2.45, 2.75) is 32.4 Å². The molecule has 1 atom stereocenters. The minimum atomic E-state index is -0.0554. The quantitative estimate of drug-likeness (QED) is 0.880. The summed E-state index contributed by atoms with van der Waals surface area (Å²) in [5, 5.41) is 1.67. The molecule has 0 bridgehead atoms. The first-order valence-corrected chi connectivity index (χ1v) is 7.05. The molecule has 2 aromatic rings. The van der Waals surface area contributed by atoms with Crippen molar-refractivity contribution in [2.24, 2.45) is 0 Å². The molecule has 1 aromatic heterocycles. The van der Waals surface area contributed by atoms with Crippen LogP contribution >= 0.6 is 12.4 Å². The Morgan fingerprint density at radius 2 is 2.18 bits per heavy atom. The predicted octanol–water partition coefficient (Wildman–Crippen LogP) is 2.99. The number of hydrogen-bond acceptors (Lipinski definition) is 4. The molecule has 22 heavy (non-hydrogen) atoms. The van der Waals surface area contributed by atoms with Gasteiger partial charge in [0.25, 0.3) is 0 Å². The Bertz CT molecular complexity index is 665. The largest absolute Gasteiger partial charge is 0.348 e. The van der Waals surface area contributed by atoms with Crippen molar-refractivity contribution in [1.29, 1.82) is 0 Å². The van der Waals surface area contributed by atoms with Crippen LogP contribution in [0.25, 0.3) is 0 Å². The van der Waals surface area contributed by atoms with Gasteiger partial charge in [-0.3, -0.25) is 4.84 Å². The van der Waals surface area contributed by atoms with E-state index >= 15 is 0 Å². The van der Waals surface area contributed by atoms with Gasteiger partial charge in [0.05, 0.1) is 18.6 Å². The van der Waals surface area contributed by atoms with E-state index in [0.717, 1.165) is 23.4 Å². The number of fused-ring (bicyclic) bond motifs is 1. The number of aromatic nitrogens is 2. The van der Waals surface area contributed by atoms with Gasteiger partial charge in [-0.15, -0.1) is 12.4 Å². The fraction of sp³-hybridized carbons (Fsp3) is 0.312. The number of imidazole rings is 1. The number of H-pyrrole nitrogens is 1. The first-order valence-electron chi connectivity index (χ1n) is 7.05. The van der Waals surface area contributed by atoms with Crippen molar-refractivity contribution < 1.29 is 9.63 Å². The van der Waals surface area contributed by atoms with Crippen LogP contribution in [0.3, 0.4) is 0 Å². The fourth-order valence-corrected chi connectivity index (χ4v) is 2.63. The highest BCUT2D eigenvalue weighted by Gasteiger charge is 2.32. The highest BCUT2D eigenvalue weighted by atomic mass is 35.5. The van der Waals surface area contributed by atoms with Crippen molar-refractivity contribution in [1.82, 2.24) is 15.0 Å². The number of nitrogens with zero attached hydrogens (tertiary/aromatic N) is 2. The van der Waals surface area contributed by atoms with Crippen molar-refractivity contribution >= 4 is 18.3 Å². The van der Waals surface area contributed by atoms with Gasteiger partial charge in [-0.05, 0) is 12.0 Å². The second kappa shape index (κ2) is 7.27. The Hall–Kier alpha value is -2.07. The van der Waals surface area contributed by atoms with Crippen LogP contribution in [0.4, 0.5) is 0 Å². The molecule has 2 heterocycles. The lowest BCUT2D eigenvalue weighted by molar-refractivity contribution is -0.176. The molecule has 5 nitrogen and oxygen atoms in total. The molecule has 0 amide bonds. The van der Waals surface area contributed by atoms with Gasteiger partial charge in [-0.25, -0.2) is 14.8 Å². The zero-order chi connectivity index (χ0) is 14.7. The summed E-state index contributed by atoms with van der Waals surface area (Å²) in [5.41, 5.74) is 3.49. The number of halogens is 1. The Morgan fingerprint density at radius 1 is 1.41 bits per heavy atom. The molecule has 1 N–H and O–H groups in total. The maximum atomic E-state index is 11.3. The van der Waals surface area contributed by atoms with Gasteiger partial charge >= 0.3 is 0 Å². The lowest BCUT2D eigenvalue weighted by Gasteiger charge is -2.34. The molecule has 0 saturated heterocycles. The van der Waals surface area contributed by atoms with E-state index < -0.39 is 0 Å². The van der Waals surface area contributed by atoms with Crippen molar-refractivity contribution in [3.63, 3.8) is 0 Å². The summed E-state index contributed by atoms with van der Waals surface area (Å²) in [5.74, 6) is 2.01. The SMILES string of the molecule is CCC1c2nc[nH]c2CC(=C=O)N1OCc1ccccc1.Cl. The number of nitrogens with one attached hydrogen (secondary N) is 1. The molecule has 116 valence electrons. The van der Waals surface area contributed by atoms with Crippen LogP contribution in [-0.2, 0) is 22.7 Å². The lowest BCUT2D eigenvalue weighted by atomic mass is 10.0. The summed E-state index contributed by atoms with van der Waals surface area (Å²) in [7, 11) is 0. The third-order valence-corrected chi connectivity index (χ3v) is 3.68. The zero-order valence-electron chi connectivity index (χ0n) is 12.3. The van der Waals surface area contributed by atoms with E-state index in [4.69, 9.17) is 4.84 Å². The average molecular weight is 320 g/mol. The number of allylic oxidation sites excluding steroid dienone is 1. The van der Waals surface area contributed by atoms with Crippen molar-refractivity contribution in [3.05, 3.63) is 59.3 Å². The molecule has 0 aliphatic carbocycles. The monoisotopic (exact) mass is 319 g/mol. The van der Waals surface area contributed by atoms with Crippen LogP contribution < -0.4 is 0 Å². The highest BCUT2D eigenvalue weighted by Crippen LogP contribution is 2.34. The molecule has 0 spiro atoms. The molecule has 1 unspecified atom stereocenters. The van der Waals surface area contributed by atoms with Gasteiger partial charge < -0.3 is 4.98 Å². The Morgan fingerprint density at radius 3 is 2.86 bits per heavy atom. The van der Waals surface area contributed by atoms with Gasteiger partial charge in [0.1, 0.15) is 17.7 Å². The van der Waals surface area contributed by atoms with Gasteiger partial charge in [0.15, 0.2) is 0 Å². The normalized spacial score (nSPS) is 16.7. The number of hydrogen-bond donors (Lipinski definition) is 1. The first kappa shape index (κ1) is 16.3. The summed E-state index contributed by atoms with van der Waals surface area (Å²) in [6.07, 6.45) is 2.94. The highest BCUT2D eigenvalue weighted by molar-refractivity contribution is 5.85. The Balaban J connectivity index is 0.00000176. The van der Waals surface area contributed by atoms with Gasteiger partial charge in [0.2, 0.25) is 0 Å². The number of rotatable bonds is 4. The fourth-order valence-electron chi connectivity index (χ4n) is 2.63. The molecular formula is C16H18ClN3O2. The average Bonchev–Trinajstić information content (AvgIpc) is 3.00. The van der Waals surface area contributed by atoms with E-state index in [1.807, 2.05) is 36.3 Å². The molecule has 1 aromatic carbocycles. The summed E-state index contributed by atoms with van der Waals surface area (Å²) in [6, 6.07) is 9.83. The number of benzene rings is 1. The second-order valence-corrected chi connectivity index (χ2v) is 5.00. The molecule has 0 fully saturated rings. The molecule has 1 aliphatic heterocycles. The van der Waals surface area contributed by atoms with E-state index in [9.17, 15) is 4.79 Å². The molecule has 3 rings (SSSR count). The van der Waals surface area contributed by atoms with Gasteiger partial charge in [-0.1, -0.05) is 37.3 Å². The summed E-state index contributed by atoms with van der Waals surface area (Å²) >= 11 is 0. The van der Waals surface area contributed by atoms with E-state index in [0.29, 0.717) is 18.7 Å². The number of carbonyl (C=O) groups excluding carboxylic acids is 1. The minimum Gasteiger partial charge on any atom is -0.348 e. The first-order chi connectivity index (χ1) is 10.3. The van der Waals surface area contributed by atoms with Crippen LogP contribution in [0.1, 0.15) is 36.3 Å². The smallest absolute Gasteiger partial charge is 0.148 e. The second-order valence-electron chi connectivity index (χ2n) is 5.00. The number of hydroxylamine groups is 2. The molecular weight excluding hydrogens is 302 g/mol. The van der Waals surface area contributed by atoms with Crippen molar-refractivity contribution in [2.75, 3.05) is 0 Å². The maximum Gasteiger partial charge on any atom is 0.148 e. The van der Waals surface area contributed by atoms with Gasteiger partial charge in [-0.2, -0.15) is 0 Å². The minimum absolute atomic E-state index is 0. The zero-order valence-corrected chi connectivity index (χ0v) is 13.1. The van der Waals surface area contributed by atoms with E-state index in [2.05, 4.69) is 16.9 Å². The maximum absolute atomic E-state index is 11.3. The van der Waals surface area contributed by atoms with E-state index in [1.165, 1.54) is 0 Å². The number of aromatic amines is 1. The van der Waals surface area contributed by atoms with E-state index in [-0.39, 0.29) is 18.4 Å². The van der Waals surface area contributed by atoms with Crippen LogP contribution in [0.15, 0.2) is 42.4 Å². The lowest BCUT2D eigenvalue weighted by Crippen LogP contribution is -2.34. The molecule has 0 saturated carbocycles. The third-order valence-electron chi connectivity index (χ3n) is 3.68. The Labute approximate surface area is 135 Å².